The van der Waals surface area contributed by atoms with Crippen molar-refractivity contribution in [3.05, 3.63) is 41.8 Å². The summed E-state index contributed by atoms with van der Waals surface area (Å²) in [6, 6.07) is 8.19. The van der Waals surface area contributed by atoms with Crippen molar-refractivity contribution in [3.63, 3.8) is 0 Å². The number of rotatable bonds is 7. The highest BCUT2D eigenvalue weighted by Gasteiger charge is 2.28. The maximum atomic E-state index is 5.63. The van der Waals surface area contributed by atoms with Crippen LogP contribution in [0.25, 0.3) is 11.5 Å². The van der Waals surface area contributed by atoms with E-state index in [1.54, 1.807) is 13.3 Å². The van der Waals surface area contributed by atoms with Gasteiger partial charge in [-0.25, -0.2) is 4.98 Å². The van der Waals surface area contributed by atoms with Gasteiger partial charge in [-0.2, -0.15) is 0 Å². The summed E-state index contributed by atoms with van der Waals surface area (Å²) < 4.78 is 11.1. The number of oxazole rings is 1. The first-order valence-electron chi connectivity index (χ1n) is 10.3. The number of aromatic nitrogens is 1. The Morgan fingerprint density at radius 2 is 1.87 bits per heavy atom. The van der Waals surface area contributed by atoms with Crippen molar-refractivity contribution in [2.45, 2.75) is 32.7 Å². The van der Waals surface area contributed by atoms with Gasteiger partial charge in [-0.15, -0.1) is 24.0 Å². The molecule has 1 aliphatic rings. The summed E-state index contributed by atoms with van der Waals surface area (Å²) in [5.74, 6) is 1.46. The quantitative estimate of drug-likeness (QED) is 0.328. The third-order valence-corrected chi connectivity index (χ3v) is 5.30. The summed E-state index contributed by atoms with van der Waals surface area (Å²) in [6.07, 6.45) is 2.50. The van der Waals surface area contributed by atoms with E-state index in [1.165, 1.54) is 5.56 Å². The maximum absolute atomic E-state index is 5.63. The highest BCUT2D eigenvalue weighted by atomic mass is 127. The van der Waals surface area contributed by atoms with E-state index in [-0.39, 0.29) is 29.5 Å². The van der Waals surface area contributed by atoms with Gasteiger partial charge in [0.15, 0.2) is 5.96 Å². The van der Waals surface area contributed by atoms with Crippen LogP contribution in [0.3, 0.4) is 0 Å². The lowest BCUT2D eigenvalue weighted by molar-refractivity contribution is -0.00833. The predicted molar refractivity (Wildman–Crippen MR) is 132 cm³/mol. The number of halogens is 1. The van der Waals surface area contributed by atoms with Crippen LogP contribution in [0.5, 0.6) is 0 Å². The zero-order chi connectivity index (χ0) is 20.7. The van der Waals surface area contributed by atoms with Gasteiger partial charge in [0, 0.05) is 50.7 Å². The molecule has 30 heavy (non-hydrogen) atoms. The molecule has 1 aromatic carbocycles. The number of aryl methyl sites for hydroxylation is 1. The van der Waals surface area contributed by atoms with Crippen LogP contribution < -0.4 is 10.6 Å². The minimum absolute atomic E-state index is 0. The molecule has 0 atom stereocenters. The zero-order valence-corrected chi connectivity index (χ0v) is 20.7. The molecule has 8 heteroatoms. The summed E-state index contributed by atoms with van der Waals surface area (Å²) in [4.78, 5) is 11.4. The van der Waals surface area contributed by atoms with Gasteiger partial charge in [0.2, 0.25) is 5.89 Å². The molecule has 0 spiro atoms. The van der Waals surface area contributed by atoms with Crippen molar-refractivity contribution in [3.8, 4) is 11.5 Å². The number of hydrogen-bond acceptors (Lipinski definition) is 5. The Morgan fingerprint density at radius 1 is 1.17 bits per heavy atom. The Balaban J connectivity index is 0.00000320. The first-order valence-corrected chi connectivity index (χ1v) is 10.3. The molecular formula is C22H34IN5O2. The lowest BCUT2D eigenvalue weighted by atomic mass is 10.0. The number of hydrogen-bond donors (Lipinski definition) is 2. The molecule has 0 bridgehead atoms. The predicted octanol–water partition coefficient (Wildman–Crippen LogP) is 3.09. The average Bonchev–Trinajstić information content (AvgIpc) is 3.20. The fourth-order valence-electron chi connectivity index (χ4n) is 3.36. The molecule has 166 valence electrons. The second-order valence-corrected chi connectivity index (χ2v) is 8.02. The van der Waals surface area contributed by atoms with Crippen molar-refractivity contribution in [2.24, 2.45) is 4.99 Å². The Bertz CT molecular complexity index is 798. The van der Waals surface area contributed by atoms with E-state index in [1.807, 2.05) is 12.1 Å². The lowest BCUT2D eigenvalue weighted by Crippen LogP contribution is -2.56. The Labute approximate surface area is 196 Å². The summed E-state index contributed by atoms with van der Waals surface area (Å²) in [5.41, 5.74) is 3.19. The van der Waals surface area contributed by atoms with E-state index in [2.05, 4.69) is 58.4 Å². The monoisotopic (exact) mass is 527 g/mol. The molecule has 0 amide bonds. The largest absolute Gasteiger partial charge is 0.444 e. The van der Waals surface area contributed by atoms with Crippen molar-refractivity contribution in [1.82, 2.24) is 20.5 Å². The number of benzene rings is 1. The molecule has 0 radical (unpaired) electrons. The van der Waals surface area contributed by atoms with Crippen LogP contribution in [0.15, 0.2) is 39.9 Å². The molecule has 1 fully saturated rings. The third kappa shape index (κ3) is 6.95. The molecule has 2 N–H and O–H groups in total. The summed E-state index contributed by atoms with van der Waals surface area (Å²) in [7, 11) is 1.79. The normalized spacial score (nSPS) is 15.5. The second-order valence-electron chi connectivity index (χ2n) is 8.02. The van der Waals surface area contributed by atoms with E-state index >= 15 is 0 Å². The lowest BCUT2D eigenvalue weighted by Gasteiger charge is -2.41. The van der Waals surface area contributed by atoms with Crippen molar-refractivity contribution in [1.29, 1.82) is 0 Å². The molecule has 7 nitrogen and oxygen atoms in total. The molecule has 1 aromatic heterocycles. The molecule has 0 aliphatic carbocycles. The van der Waals surface area contributed by atoms with Crippen molar-refractivity contribution in [2.75, 3.05) is 46.4 Å². The molecule has 2 heterocycles. The number of aliphatic imine (C=N–C) groups is 1. The number of guanidine groups is 1. The highest BCUT2D eigenvalue weighted by Crippen LogP contribution is 2.19. The number of nitrogens with one attached hydrogen (secondary N) is 2. The van der Waals surface area contributed by atoms with E-state index < -0.39 is 0 Å². The summed E-state index contributed by atoms with van der Waals surface area (Å²) in [6.45, 7) is 11.7. The average molecular weight is 527 g/mol. The van der Waals surface area contributed by atoms with Crippen LogP contribution in [0.4, 0.5) is 0 Å². The molecule has 1 aliphatic heterocycles. The number of morpholine rings is 1. The fourth-order valence-corrected chi connectivity index (χ4v) is 3.36. The molecule has 3 rings (SSSR count). The second kappa shape index (κ2) is 11.7. The van der Waals surface area contributed by atoms with Crippen LogP contribution in [-0.4, -0.2) is 67.8 Å². The maximum Gasteiger partial charge on any atom is 0.226 e. The van der Waals surface area contributed by atoms with Gasteiger partial charge >= 0.3 is 0 Å². The van der Waals surface area contributed by atoms with Gasteiger partial charge in [0.05, 0.1) is 18.9 Å². The van der Waals surface area contributed by atoms with Gasteiger partial charge < -0.3 is 19.8 Å². The van der Waals surface area contributed by atoms with Crippen LogP contribution in [0.2, 0.25) is 0 Å². The van der Waals surface area contributed by atoms with Gasteiger partial charge in [-0.3, -0.25) is 9.89 Å². The van der Waals surface area contributed by atoms with Crippen molar-refractivity contribution >= 4 is 29.9 Å². The number of ether oxygens (including phenoxy) is 1. The van der Waals surface area contributed by atoms with E-state index in [4.69, 9.17) is 9.15 Å². The Kier molecular flexibility index (Phi) is 9.57. The zero-order valence-electron chi connectivity index (χ0n) is 18.4. The van der Waals surface area contributed by atoms with E-state index in [9.17, 15) is 0 Å². The van der Waals surface area contributed by atoms with Gasteiger partial charge in [0.1, 0.15) is 6.26 Å². The van der Waals surface area contributed by atoms with Crippen LogP contribution in [0.1, 0.15) is 25.1 Å². The minimum Gasteiger partial charge on any atom is -0.444 e. The molecular weight excluding hydrogens is 493 g/mol. The standard InChI is InChI=1S/C22H33N5O2.HI/c1-17-5-7-18(8-6-17)20-26-19(15-29-20)9-10-24-21(23-4)25-16-22(2,3)27-11-13-28-14-12-27;/h5-8,15H,9-14,16H2,1-4H3,(H2,23,24,25);1H. The summed E-state index contributed by atoms with van der Waals surface area (Å²) in [5, 5.41) is 6.81. The van der Waals surface area contributed by atoms with Gasteiger partial charge in [-0.1, -0.05) is 17.7 Å². The molecule has 0 unspecified atom stereocenters. The third-order valence-electron chi connectivity index (χ3n) is 5.30. The minimum atomic E-state index is 0. The molecule has 2 aromatic rings. The Hall–Kier alpha value is -1.65. The van der Waals surface area contributed by atoms with Crippen LogP contribution in [-0.2, 0) is 11.2 Å². The smallest absolute Gasteiger partial charge is 0.226 e. The highest BCUT2D eigenvalue weighted by molar-refractivity contribution is 14.0. The first kappa shape index (κ1) is 24.6. The van der Waals surface area contributed by atoms with Crippen LogP contribution in [0, 0.1) is 6.92 Å². The molecule has 1 saturated heterocycles. The summed E-state index contributed by atoms with van der Waals surface area (Å²) >= 11 is 0. The SMILES string of the molecule is CN=C(NCCc1coc(-c2ccc(C)cc2)n1)NCC(C)(C)N1CCOCC1.I. The first-order chi connectivity index (χ1) is 14.0. The fraction of sp³-hybridized carbons (Fsp3) is 0.545. The number of nitrogens with zero attached hydrogens (tertiary/aromatic N) is 3. The topological polar surface area (TPSA) is 74.9 Å². The van der Waals surface area contributed by atoms with Gasteiger partial charge in [-0.05, 0) is 32.9 Å². The van der Waals surface area contributed by atoms with E-state index in [0.29, 0.717) is 5.89 Å². The van der Waals surface area contributed by atoms with Crippen LogP contribution >= 0.6 is 24.0 Å². The molecule has 0 saturated carbocycles. The Morgan fingerprint density at radius 3 is 2.53 bits per heavy atom. The van der Waals surface area contributed by atoms with Crippen molar-refractivity contribution < 1.29 is 9.15 Å². The van der Waals surface area contributed by atoms with E-state index in [0.717, 1.165) is 63.0 Å². The van der Waals surface area contributed by atoms with Gasteiger partial charge in [0.25, 0.3) is 0 Å².